The summed E-state index contributed by atoms with van der Waals surface area (Å²) in [4.78, 5) is 18.8. The minimum atomic E-state index is 0.0756. The van der Waals surface area contributed by atoms with Gasteiger partial charge < -0.3 is 9.64 Å². The standard InChI is InChI=1S/C15H22N2O2S/c1-12-16-13(11-20-12)10-14(18)17-7-2-4-15(6-8-17)5-3-9-19-15/h11H,2-10H2,1H3. The minimum absolute atomic E-state index is 0.0756. The molecule has 4 nitrogen and oxygen atoms in total. The number of amides is 1. The van der Waals surface area contributed by atoms with E-state index in [2.05, 4.69) is 4.98 Å². The molecule has 2 aliphatic heterocycles. The monoisotopic (exact) mass is 294 g/mol. The Morgan fingerprint density at radius 2 is 2.25 bits per heavy atom. The highest BCUT2D eigenvalue weighted by Crippen LogP contribution is 2.35. The van der Waals surface area contributed by atoms with Gasteiger partial charge in [0.15, 0.2) is 0 Å². The van der Waals surface area contributed by atoms with Gasteiger partial charge in [-0.15, -0.1) is 11.3 Å². The van der Waals surface area contributed by atoms with Gasteiger partial charge in [-0.2, -0.15) is 0 Å². The molecule has 0 aromatic carbocycles. The molecule has 1 aromatic heterocycles. The highest BCUT2D eigenvalue weighted by atomic mass is 32.1. The van der Waals surface area contributed by atoms with E-state index in [0.29, 0.717) is 6.42 Å². The molecule has 1 atom stereocenters. The first-order valence-electron chi connectivity index (χ1n) is 7.50. The summed E-state index contributed by atoms with van der Waals surface area (Å²) >= 11 is 1.61. The van der Waals surface area contributed by atoms with Crippen molar-refractivity contribution < 1.29 is 9.53 Å². The van der Waals surface area contributed by atoms with Gasteiger partial charge in [0, 0.05) is 25.1 Å². The van der Waals surface area contributed by atoms with Crippen LogP contribution in [0.25, 0.3) is 0 Å². The van der Waals surface area contributed by atoms with Crippen LogP contribution in [0.4, 0.5) is 0 Å². The van der Waals surface area contributed by atoms with Crippen LogP contribution in [0, 0.1) is 6.92 Å². The van der Waals surface area contributed by atoms with Crippen LogP contribution in [0.2, 0.25) is 0 Å². The SMILES string of the molecule is Cc1nc(CC(=O)N2CCCC3(CCCO3)CC2)cs1. The lowest BCUT2D eigenvalue weighted by atomic mass is 9.92. The van der Waals surface area contributed by atoms with E-state index in [-0.39, 0.29) is 11.5 Å². The van der Waals surface area contributed by atoms with E-state index in [0.717, 1.165) is 49.7 Å². The van der Waals surface area contributed by atoms with Gasteiger partial charge in [-0.1, -0.05) is 0 Å². The summed E-state index contributed by atoms with van der Waals surface area (Å²) in [7, 11) is 0. The Morgan fingerprint density at radius 1 is 1.40 bits per heavy atom. The van der Waals surface area contributed by atoms with Gasteiger partial charge in [-0.25, -0.2) is 4.98 Å². The summed E-state index contributed by atoms with van der Waals surface area (Å²) in [5.41, 5.74) is 0.986. The molecule has 1 spiro atoms. The molecule has 2 aliphatic rings. The van der Waals surface area contributed by atoms with E-state index >= 15 is 0 Å². The summed E-state index contributed by atoms with van der Waals surface area (Å²) < 4.78 is 5.96. The third-order valence-electron chi connectivity index (χ3n) is 4.43. The van der Waals surface area contributed by atoms with E-state index in [1.165, 1.54) is 12.8 Å². The fourth-order valence-electron chi connectivity index (χ4n) is 3.32. The van der Waals surface area contributed by atoms with Crippen molar-refractivity contribution in [2.75, 3.05) is 19.7 Å². The molecule has 110 valence electrons. The topological polar surface area (TPSA) is 42.4 Å². The van der Waals surface area contributed by atoms with E-state index in [1.54, 1.807) is 11.3 Å². The summed E-state index contributed by atoms with van der Waals surface area (Å²) in [6.45, 7) is 4.58. The number of aryl methyl sites for hydroxylation is 1. The maximum absolute atomic E-state index is 12.4. The number of likely N-dealkylation sites (tertiary alicyclic amines) is 1. The van der Waals surface area contributed by atoms with Crippen molar-refractivity contribution in [1.29, 1.82) is 0 Å². The van der Waals surface area contributed by atoms with E-state index in [1.807, 2.05) is 17.2 Å². The summed E-state index contributed by atoms with van der Waals surface area (Å²) in [6, 6.07) is 0. The Bertz CT molecular complexity index is 480. The Labute approximate surface area is 124 Å². The van der Waals surface area contributed by atoms with E-state index in [9.17, 15) is 4.79 Å². The molecule has 1 aromatic rings. The molecule has 3 rings (SSSR count). The van der Waals surface area contributed by atoms with Gasteiger partial charge in [0.1, 0.15) is 0 Å². The number of hydrogen-bond donors (Lipinski definition) is 0. The van der Waals surface area contributed by atoms with Crippen molar-refractivity contribution in [2.45, 2.75) is 51.0 Å². The number of carbonyl (C=O) groups is 1. The van der Waals surface area contributed by atoms with Gasteiger partial charge in [-0.3, -0.25) is 4.79 Å². The van der Waals surface area contributed by atoms with Crippen molar-refractivity contribution in [3.8, 4) is 0 Å². The number of carbonyl (C=O) groups excluding carboxylic acids is 1. The molecule has 3 heterocycles. The second-order valence-electron chi connectivity index (χ2n) is 5.90. The highest BCUT2D eigenvalue weighted by molar-refractivity contribution is 7.09. The van der Waals surface area contributed by atoms with Crippen molar-refractivity contribution >= 4 is 17.2 Å². The molecule has 0 bridgehead atoms. The van der Waals surface area contributed by atoms with Crippen molar-refractivity contribution in [3.05, 3.63) is 16.1 Å². The second-order valence-corrected chi connectivity index (χ2v) is 6.97. The smallest absolute Gasteiger partial charge is 0.228 e. The largest absolute Gasteiger partial charge is 0.375 e. The quantitative estimate of drug-likeness (QED) is 0.842. The molecule has 2 fully saturated rings. The first-order chi connectivity index (χ1) is 9.67. The molecular weight excluding hydrogens is 272 g/mol. The van der Waals surface area contributed by atoms with Gasteiger partial charge >= 0.3 is 0 Å². The van der Waals surface area contributed by atoms with Crippen molar-refractivity contribution in [3.63, 3.8) is 0 Å². The second kappa shape index (κ2) is 5.82. The zero-order chi connectivity index (χ0) is 14.0. The number of hydrogen-bond acceptors (Lipinski definition) is 4. The van der Waals surface area contributed by atoms with E-state index < -0.39 is 0 Å². The van der Waals surface area contributed by atoms with Crippen LogP contribution in [-0.4, -0.2) is 41.1 Å². The normalized spacial score (nSPS) is 26.9. The van der Waals surface area contributed by atoms with Crippen molar-refractivity contribution in [1.82, 2.24) is 9.88 Å². The third kappa shape index (κ3) is 3.04. The molecular formula is C15H22N2O2S. The highest BCUT2D eigenvalue weighted by Gasteiger charge is 2.37. The minimum Gasteiger partial charge on any atom is -0.375 e. The van der Waals surface area contributed by atoms with Crippen LogP contribution in [0.5, 0.6) is 0 Å². The average molecular weight is 294 g/mol. The van der Waals surface area contributed by atoms with Crippen LogP contribution in [0.1, 0.15) is 42.8 Å². The van der Waals surface area contributed by atoms with Crippen LogP contribution in [-0.2, 0) is 16.0 Å². The van der Waals surface area contributed by atoms with Crippen LogP contribution < -0.4 is 0 Å². The molecule has 0 saturated carbocycles. The van der Waals surface area contributed by atoms with Gasteiger partial charge in [0.25, 0.3) is 0 Å². The lowest BCUT2D eigenvalue weighted by molar-refractivity contribution is -0.130. The van der Waals surface area contributed by atoms with Gasteiger partial charge in [0.2, 0.25) is 5.91 Å². The van der Waals surface area contributed by atoms with Gasteiger partial charge in [-0.05, 0) is 39.0 Å². The average Bonchev–Trinajstić information content (AvgIpc) is 2.97. The predicted molar refractivity (Wildman–Crippen MR) is 78.9 cm³/mol. The summed E-state index contributed by atoms with van der Waals surface area (Å²) in [5, 5.41) is 3.02. The van der Waals surface area contributed by atoms with Crippen LogP contribution >= 0.6 is 11.3 Å². The number of thiazole rings is 1. The lowest BCUT2D eigenvalue weighted by Gasteiger charge is -2.26. The van der Waals surface area contributed by atoms with E-state index in [4.69, 9.17) is 4.74 Å². The maximum Gasteiger partial charge on any atom is 0.228 e. The lowest BCUT2D eigenvalue weighted by Crippen LogP contribution is -2.35. The molecule has 1 unspecified atom stereocenters. The fourth-order valence-corrected chi connectivity index (χ4v) is 3.94. The van der Waals surface area contributed by atoms with Crippen LogP contribution in [0.3, 0.4) is 0 Å². The molecule has 0 N–H and O–H groups in total. The maximum atomic E-state index is 12.4. The fraction of sp³-hybridized carbons (Fsp3) is 0.733. The summed E-state index contributed by atoms with van der Waals surface area (Å²) in [5.74, 6) is 0.213. The molecule has 20 heavy (non-hydrogen) atoms. The van der Waals surface area contributed by atoms with Crippen LogP contribution in [0.15, 0.2) is 5.38 Å². The molecule has 1 amide bonds. The van der Waals surface area contributed by atoms with Crippen molar-refractivity contribution in [2.24, 2.45) is 0 Å². The van der Waals surface area contributed by atoms with Gasteiger partial charge in [0.05, 0.1) is 22.7 Å². The first-order valence-corrected chi connectivity index (χ1v) is 8.38. The Kier molecular flexibility index (Phi) is 4.08. The number of nitrogens with zero attached hydrogens (tertiary/aromatic N) is 2. The predicted octanol–water partition coefficient (Wildman–Crippen LogP) is 2.56. The Hall–Kier alpha value is -0.940. The zero-order valence-corrected chi connectivity index (χ0v) is 12.9. The Morgan fingerprint density at radius 3 is 2.95 bits per heavy atom. The molecule has 0 radical (unpaired) electrons. The Balaban J connectivity index is 1.58. The molecule has 2 saturated heterocycles. The number of rotatable bonds is 2. The number of ether oxygens (including phenoxy) is 1. The molecule has 5 heteroatoms. The third-order valence-corrected chi connectivity index (χ3v) is 5.26. The first kappa shape index (κ1) is 14.0. The molecule has 0 aliphatic carbocycles. The number of aromatic nitrogens is 1. The zero-order valence-electron chi connectivity index (χ0n) is 12.1. The summed E-state index contributed by atoms with van der Waals surface area (Å²) in [6.07, 6.45) is 5.94.